The number of rotatable bonds is 3. The monoisotopic (exact) mass is 332 g/mol. The maximum atomic E-state index is 5.28. The van der Waals surface area contributed by atoms with Crippen LogP contribution in [0.2, 0.25) is 0 Å². The van der Waals surface area contributed by atoms with Crippen molar-refractivity contribution < 1.29 is 14.0 Å². The summed E-state index contributed by atoms with van der Waals surface area (Å²) in [4.78, 5) is 4.14. The summed E-state index contributed by atoms with van der Waals surface area (Å²) in [5.74, 6) is 1.64. The van der Waals surface area contributed by atoms with E-state index in [0.29, 0.717) is 21.2 Å². The third kappa shape index (κ3) is 1.97. The van der Waals surface area contributed by atoms with Gasteiger partial charge in [0.1, 0.15) is 0 Å². The van der Waals surface area contributed by atoms with Gasteiger partial charge in [0.2, 0.25) is 3.83 Å². The average molecular weight is 332 g/mol. The van der Waals surface area contributed by atoms with Gasteiger partial charge in [-0.25, -0.2) is 0 Å². The quantitative estimate of drug-likeness (QED) is 0.808. The van der Waals surface area contributed by atoms with Gasteiger partial charge in [-0.2, -0.15) is 4.98 Å². The molecular formula is C10H9IN2O3. The van der Waals surface area contributed by atoms with E-state index in [-0.39, 0.29) is 0 Å². The Morgan fingerprint density at radius 1 is 1.25 bits per heavy atom. The first-order valence-electron chi connectivity index (χ1n) is 4.47. The molecule has 2 rings (SSSR count). The summed E-state index contributed by atoms with van der Waals surface area (Å²) in [7, 11) is 3.15. The van der Waals surface area contributed by atoms with E-state index in [1.54, 1.807) is 14.2 Å². The van der Waals surface area contributed by atoms with Crippen LogP contribution in [0, 0.1) is 3.83 Å². The van der Waals surface area contributed by atoms with Crippen molar-refractivity contribution in [3.05, 3.63) is 22.0 Å². The molecule has 16 heavy (non-hydrogen) atoms. The Kier molecular flexibility index (Phi) is 3.28. The number of aromatic nitrogens is 2. The minimum Gasteiger partial charge on any atom is -0.493 e. The van der Waals surface area contributed by atoms with E-state index in [1.165, 1.54) is 0 Å². The normalized spacial score (nSPS) is 10.2. The van der Waals surface area contributed by atoms with Crippen LogP contribution in [0.25, 0.3) is 11.5 Å². The lowest BCUT2D eigenvalue weighted by Gasteiger charge is -2.09. The highest BCUT2D eigenvalue weighted by Gasteiger charge is 2.16. The van der Waals surface area contributed by atoms with Gasteiger partial charge < -0.3 is 14.0 Å². The predicted molar refractivity (Wildman–Crippen MR) is 65.6 cm³/mol. The van der Waals surface area contributed by atoms with Gasteiger partial charge in [0.05, 0.1) is 19.8 Å². The molecule has 1 aromatic heterocycles. The molecule has 84 valence electrons. The fraction of sp³-hybridized carbons (Fsp3) is 0.200. The number of hydrogen-bond acceptors (Lipinski definition) is 5. The summed E-state index contributed by atoms with van der Waals surface area (Å²) in [6.45, 7) is 0. The molecule has 0 saturated carbocycles. The smallest absolute Gasteiger partial charge is 0.262 e. The molecule has 1 heterocycles. The lowest BCUT2D eigenvalue weighted by Crippen LogP contribution is -1.93. The number of hydrogen-bond donors (Lipinski definition) is 0. The zero-order valence-electron chi connectivity index (χ0n) is 8.73. The van der Waals surface area contributed by atoms with Crippen molar-refractivity contribution >= 4 is 22.6 Å². The topological polar surface area (TPSA) is 57.4 Å². The zero-order valence-corrected chi connectivity index (χ0v) is 10.9. The summed E-state index contributed by atoms with van der Waals surface area (Å²) < 4.78 is 16.1. The van der Waals surface area contributed by atoms with Gasteiger partial charge in [0.25, 0.3) is 5.89 Å². The molecule has 0 aliphatic heterocycles. The Hall–Kier alpha value is -1.31. The van der Waals surface area contributed by atoms with E-state index in [0.717, 1.165) is 5.56 Å². The summed E-state index contributed by atoms with van der Waals surface area (Å²) in [6, 6.07) is 5.49. The third-order valence-electron chi connectivity index (χ3n) is 2.03. The second kappa shape index (κ2) is 4.69. The van der Waals surface area contributed by atoms with Gasteiger partial charge in [-0.05, 0) is 12.1 Å². The number of methoxy groups -OCH3 is 2. The molecular weight excluding hydrogens is 323 g/mol. The van der Waals surface area contributed by atoms with Crippen LogP contribution in [0.3, 0.4) is 0 Å². The first-order chi connectivity index (χ1) is 7.76. The molecule has 0 aliphatic rings. The van der Waals surface area contributed by atoms with E-state index < -0.39 is 0 Å². The van der Waals surface area contributed by atoms with Crippen molar-refractivity contribution in [2.75, 3.05) is 14.2 Å². The SMILES string of the molecule is COc1cccc(-c2nc(I)no2)c1OC. The van der Waals surface area contributed by atoms with Crippen molar-refractivity contribution in [3.8, 4) is 23.0 Å². The first-order valence-corrected chi connectivity index (χ1v) is 5.54. The highest BCUT2D eigenvalue weighted by Crippen LogP contribution is 2.36. The summed E-state index contributed by atoms with van der Waals surface area (Å²) in [6.07, 6.45) is 0. The van der Waals surface area contributed by atoms with Crippen molar-refractivity contribution in [1.29, 1.82) is 0 Å². The van der Waals surface area contributed by atoms with Crippen LogP contribution in [0.4, 0.5) is 0 Å². The Balaban J connectivity index is 2.56. The Labute approximate surface area is 106 Å². The second-order valence-corrected chi connectivity index (χ2v) is 3.87. The van der Waals surface area contributed by atoms with Crippen molar-refractivity contribution in [2.24, 2.45) is 0 Å². The molecule has 1 aromatic carbocycles. The number of para-hydroxylation sites is 1. The summed E-state index contributed by atoms with van der Waals surface area (Å²) >= 11 is 1.98. The minimum absolute atomic E-state index is 0.417. The number of benzene rings is 1. The van der Waals surface area contributed by atoms with Gasteiger partial charge in [0.15, 0.2) is 11.5 Å². The predicted octanol–water partition coefficient (Wildman–Crippen LogP) is 2.36. The van der Waals surface area contributed by atoms with Crippen LogP contribution in [0.5, 0.6) is 11.5 Å². The van der Waals surface area contributed by atoms with E-state index in [4.69, 9.17) is 14.0 Å². The molecule has 2 aromatic rings. The van der Waals surface area contributed by atoms with Gasteiger partial charge in [-0.15, -0.1) is 0 Å². The number of halogens is 1. The number of nitrogens with zero attached hydrogens (tertiary/aromatic N) is 2. The minimum atomic E-state index is 0.417. The van der Waals surface area contributed by atoms with Gasteiger partial charge >= 0.3 is 0 Å². The molecule has 0 saturated heterocycles. The molecule has 6 heteroatoms. The van der Waals surface area contributed by atoms with Gasteiger partial charge in [-0.1, -0.05) is 11.2 Å². The molecule has 0 bridgehead atoms. The second-order valence-electron chi connectivity index (χ2n) is 2.91. The standard InChI is InChI=1S/C10H9IN2O3/c1-14-7-5-3-4-6(8(7)15-2)9-12-10(11)13-16-9/h3-5H,1-2H3. The molecule has 0 spiro atoms. The van der Waals surface area contributed by atoms with Crippen molar-refractivity contribution in [1.82, 2.24) is 10.1 Å². The van der Waals surface area contributed by atoms with E-state index in [2.05, 4.69) is 10.1 Å². The van der Waals surface area contributed by atoms with Crippen LogP contribution in [0.15, 0.2) is 22.7 Å². The van der Waals surface area contributed by atoms with E-state index >= 15 is 0 Å². The van der Waals surface area contributed by atoms with Crippen molar-refractivity contribution in [3.63, 3.8) is 0 Å². The highest BCUT2D eigenvalue weighted by molar-refractivity contribution is 14.1. The molecule has 0 radical (unpaired) electrons. The Morgan fingerprint density at radius 2 is 2.06 bits per heavy atom. The van der Waals surface area contributed by atoms with Crippen LogP contribution in [-0.2, 0) is 0 Å². The van der Waals surface area contributed by atoms with Gasteiger partial charge in [0, 0.05) is 22.6 Å². The maximum Gasteiger partial charge on any atom is 0.262 e. The Bertz CT molecular complexity index is 499. The fourth-order valence-corrected chi connectivity index (χ4v) is 1.69. The molecule has 0 N–H and O–H groups in total. The first kappa shape index (κ1) is 11.2. The lowest BCUT2D eigenvalue weighted by atomic mass is 10.2. The highest BCUT2D eigenvalue weighted by atomic mass is 127. The molecule has 0 atom stereocenters. The fourth-order valence-electron chi connectivity index (χ4n) is 1.37. The van der Waals surface area contributed by atoms with Crippen molar-refractivity contribution in [2.45, 2.75) is 0 Å². The average Bonchev–Trinajstić information content (AvgIpc) is 2.74. The van der Waals surface area contributed by atoms with Crippen LogP contribution >= 0.6 is 22.6 Å². The number of ether oxygens (including phenoxy) is 2. The third-order valence-corrected chi connectivity index (χ3v) is 2.47. The summed E-state index contributed by atoms with van der Waals surface area (Å²) in [5, 5.41) is 3.73. The van der Waals surface area contributed by atoms with Gasteiger partial charge in [-0.3, -0.25) is 0 Å². The largest absolute Gasteiger partial charge is 0.493 e. The van der Waals surface area contributed by atoms with E-state index in [9.17, 15) is 0 Å². The van der Waals surface area contributed by atoms with Crippen LogP contribution < -0.4 is 9.47 Å². The molecule has 0 aliphatic carbocycles. The van der Waals surface area contributed by atoms with Crippen LogP contribution in [0.1, 0.15) is 0 Å². The zero-order chi connectivity index (χ0) is 11.5. The maximum absolute atomic E-state index is 5.28. The van der Waals surface area contributed by atoms with Crippen LogP contribution in [-0.4, -0.2) is 24.4 Å². The molecule has 5 nitrogen and oxygen atoms in total. The summed E-state index contributed by atoms with van der Waals surface area (Å²) in [5.41, 5.74) is 0.720. The lowest BCUT2D eigenvalue weighted by molar-refractivity contribution is 0.353. The Morgan fingerprint density at radius 3 is 2.62 bits per heavy atom. The molecule has 0 fully saturated rings. The van der Waals surface area contributed by atoms with E-state index in [1.807, 2.05) is 40.8 Å². The molecule has 0 amide bonds. The molecule has 0 unspecified atom stereocenters.